The Hall–Kier alpha value is -1.51. The lowest BCUT2D eigenvalue weighted by Crippen LogP contribution is -2.30. The second-order valence-electron chi connectivity index (χ2n) is 3.99. The molecule has 1 aromatic carbocycles. The van der Waals surface area contributed by atoms with E-state index in [0.717, 1.165) is 11.1 Å². The van der Waals surface area contributed by atoms with Crippen LogP contribution in [0.5, 0.6) is 0 Å². The highest BCUT2D eigenvalue weighted by molar-refractivity contribution is 5.37. The molecule has 0 fully saturated rings. The fraction of sp³-hybridized carbons (Fsp3) is 0.385. The first kappa shape index (κ1) is 14.6. The highest BCUT2D eigenvalue weighted by Crippen LogP contribution is 2.17. The summed E-state index contributed by atoms with van der Waals surface area (Å²) in [6, 6.07) is 7.13. The Balaban J connectivity index is 2.67. The van der Waals surface area contributed by atoms with Gasteiger partial charge in [-0.1, -0.05) is 24.0 Å². The highest BCUT2D eigenvalue weighted by Gasteiger charge is 2.28. The van der Waals surface area contributed by atoms with E-state index in [0.29, 0.717) is 0 Å². The number of benzene rings is 1. The maximum Gasteiger partial charge on any atom is 0.401 e. The van der Waals surface area contributed by atoms with E-state index in [-0.39, 0.29) is 13.1 Å². The van der Waals surface area contributed by atoms with Crippen molar-refractivity contribution in [2.24, 2.45) is 5.73 Å². The standard InChI is InChI=1S/C13H15F3N2/c1-18(10-13(14,15)16)9-12-5-2-4-11(8-12)6-3-7-17/h2,4-5,8H,7,9-10,17H2,1H3. The number of rotatable bonds is 3. The van der Waals surface area contributed by atoms with Gasteiger partial charge in [-0.3, -0.25) is 4.90 Å². The van der Waals surface area contributed by atoms with E-state index in [2.05, 4.69) is 11.8 Å². The molecule has 2 N–H and O–H groups in total. The van der Waals surface area contributed by atoms with Crippen LogP contribution in [0, 0.1) is 11.8 Å². The zero-order chi connectivity index (χ0) is 13.6. The molecular formula is C13H15F3N2. The summed E-state index contributed by atoms with van der Waals surface area (Å²) in [6.45, 7) is -0.429. The van der Waals surface area contributed by atoms with Gasteiger partial charge in [0.1, 0.15) is 0 Å². The number of hydrogen-bond donors (Lipinski definition) is 1. The maximum absolute atomic E-state index is 12.2. The van der Waals surface area contributed by atoms with E-state index in [1.807, 2.05) is 0 Å². The molecule has 5 heteroatoms. The van der Waals surface area contributed by atoms with Crippen molar-refractivity contribution in [3.8, 4) is 11.8 Å². The topological polar surface area (TPSA) is 29.3 Å². The summed E-state index contributed by atoms with van der Waals surface area (Å²) < 4.78 is 36.5. The van der Waals surface area contributed by atoms with Crippen molar-refractivity contribution in [1.82, 2.24) is 4.90 Å². The molecule has 0 aliphatic heterocycles. The van der Waals surface area contributed by atoms with Crippen LogP contribution in [0.3, 0.4) is 0 Å². The van der Waals surface area contributed by atoms with E-state index >= 15 is 0 Å². The molecule has 0 unspecified atom stereocenters. The minimum Gasteiger partial charge on any atom is -0.320 e. The first-order valence-corrected chi connectivity index (χ1v) is 5.44. The molecule has 18 heavy (non-hydrogen) atoms. The van der Waals surface area contributed by atoms with Gasteiger partial charge in [-0.2, -0.15) is 13.2 Å². The van der Waals surface area contributed by atoms with E-state index in [9.17, 15) is 13.2 Å². The van der Waals surface area contributed by atoms with E-state index in [1.54, 1.807) is 24.3 Å². The Morgan fingerprint density at radius 2 is 2.06 bits per heavy atom. The van der Waals surface area contributed by atoms with E-state index < -0.39 is 12.7 Å². The van der Waals surface area contributed by atoms with Gasteiger partial charge in [-0.25, -0.2) is 0 Å². The molecule has 0 saturated heterocycles. The lowest BCUT2D eigenvalue weighted by Gasteiger charge is -2.18. The van der Waals surface area contributed by atoms with Gasteiger partial charge in [-0.15, -0.1) is 0 Å². The summed E-state index contributed by atoms with van der Waals surface area (Å²) in [5.41, 5.74) is 6.82. The van der Waals surface area contributed by atoms with Crippen LogP contribution in [0.4, 0.5) is 13.2 Å². The van der Waals surface area contributed by atoms with Crippen molar-refractivity contribution < 1.29 is 13.2 Å². The summed E-state index contributed by atoms with van der Waals surface area (Å²) in [4.78, 5) is 1.22. The molecule has 0 heterocycles. The van der Waals surface area contributed by atoms with Crippen LogP contribution < -0.4 is 5.73 Å². The molecule has 0 aromatic heterocycles. The average molecular weight is 256 g/mol. The summed E-state index contributed by atoms with van der Waals surface area (Å²) in [5, 5.41) is 0. The fourth-order valence-electron chi connectivity index (χ4n) is 1.57. The monoisotopic (exact) mass is 256 g/mol. The van der Waals surface area contributed by atoms with Crippen LogP contribution in [-0.2, 0) is 6.54 Å². The molecule has 1 aromatic rings. The molecule has 0 aliphatic rings. The zero-order valence-electron chi connectivity index (χ0n) is 10.1. The number of hydrogen-bond acceptors (Lipinski definition) is 2. The first-order chi connectivity index (χ1) is 8.40. The van der Waals surface area contributed by atoms with Crippen molar-refractivity contribution in [2.75, 3.05) is 20.1 Å². The van der Waals surface area contributed by atoms with Gasteiger partial charge in [-0.05, 0) is 24.7 Å². The molecule has 0 aliphatic carbocycles. The normalized spacial score (nSPS) is 11.2. The smallest absolute Gasteiger partial charge is 0.320 e. The lowest BCUT2D eigenvalue weighted by molar-refractivity contribution is -0.144. The molecule has 2 nitrogen and oxygen atoms in total. The van der Waals surface area contributed by atoms with Crippen LogP contribution in [0.2, 0.25) is 0 Å². The number of nitrogens with zero attached hydrogens (tertiary/aromatic N) is 1. The maximum atomic E-state index is 12.2. The lowest BCUT2D eigenvalue weighted by atomic mass is 10.1. The third kappa shape index (κ3) is 5.71. The van der Waals surface area contributed by atoms with Crippen molar-refractivity contribution in [3.05, 3.63) is 35.4 Å². The number of alkyl halides is 3. The molecule has 1 rings (SSSR count). The Bertz CT molecular complexity index is 444. The van der Waals surface area contributed by atoms with Crippen LogP contribution in [0.15, 0.2) is 24.3 Å². The third-order valence-electron chi connectivity index (χ3n) is 2.16. The van der Waals surface area contributed by atoms with Gasteiger partial charge in [0.25, 0.3) is 0 Å². The molecule has 0 spiro atoms. The summed E-state index contributed by atoms with van der Waals surface area (Å²) in [6.07, 6.45) is -4.17. The van der Waals surface area contributed by atoms with Crippen molar-refractivity contribution >= 4 is 0 Å². The van der Waals surface area contributed by atoms with Crippen molar-refractivity contribution in [3.63, 3.8) is 0 Å². The quantitative estimate of drug-likeness (QED) is 0.838. The minimum absolute atomic E-state index is 0.234. The second kappa shape index (κ2) is 6.43. The molecule has 0 saturated carbocycles. The first-order valence-electron chi connectivity index (χ1n) is 5.44. The molecular weight excluding hydrogens is 241 g/mol. The molecule has 0 atom stereocenters. The predicted molar refractivity (Wildman–Crippen MR) is 64.8 cm³/mol. The van der Waals surface area contributed by atoms with Crippen LogP contribution in [-0.4, -0.2) is 31.2 Å². The van der Waals surface area contributed by atoms with Crippen LogP contribution >= 0.6 is 0 Å². The molecule has 0 radical (unpaired) electrons. The Labute approximate surface area is 105 Å². The van der Waals surface area contributed by atoms with Crippen molar-refractivity contribution in [1.29, 1.82) is 0 Å². The van der Waals surface area contributed by atoms with Gasteiger partial charge in [0.05, 0.1) is 13.1 Å². The minimum atomic E-state index is -4.17. The van der Waals surface area contributed by atoms with Crippen LogP contribution in [0.25, 0.3) is 0 Å². The van der Waals surface area contributed by atoms with E-state index in [1.165, 1.54) is 11.9 Å². The van der Waals surface area contributed by atoms with Gasteiger partial charge in [0.2, 0.25) is 0 Å². The van der Waals surface area contributed by atoms with Gasteiger partial charge in [0, 0.05) is 12.1 Å². The van der Waals surface area contributed by atoms with Gasteiger partial charge in [0.15, 0.2) is 0 Å². The highest BCUT2D eigenvalue weighted by atomic mass is 19.4. The van der Waals surface area contributed by atoms with E-state index in [4.69, 9.17) is 5.73 Å². The average Bonchev–Trinajstić information content (AvgIpc) is 2.24. The van der Waals surface area contributed by atoms with Crippen LogP contribution in [0.1, 0.15) is 11.1 Å². The largest absolute Gasteiger partial charge is 0.401 e. The zero-order valence-corrected chi connectivity index (χ0v) is 10.1. The van der Waals surface area contributed by atoms with Gasteiger partial charge >= 0.3 is 6.18 Å². The Morgan fingerprint density at radius 1 is 1.33 bits per heavy atom. The van der Waals surface area contributed by atoms with Gasteiger partial charge < -0.3 is 5.73 Å². The Kier molecular flexibility index (Phi) is 5.20. The SMILES string of the molecule is CN(Cc1cccc(C#CCN)c1)CC(F)(F)F. The summed E-state index contributed by atoms with van der Waals surface area (Å²) >= 11 is 0. The summed E-state index contributed by atoms with van der Waals surface area (Å²) in [5.74, 6) is 5.56. The fourth-order valence-corrected chi connectivity index (χ4v) is 1.57. The third-order valence-corrected chi connectivity index (χ3v) is 2.16. The molecule has 0 amide bonds. The molecule has 98 valence electrons. The predicted octanol–water partition coefficient (Wildman–Crippen LogP) is 1.99. The number of halogens is 3. The summed E-state index contributed by atoms with van der Waals surface area (Å²) in [7, 11) is 1.44. The number of nitrogens with two attached hydrogens (primary N) is 1. The second-order valence-corrected chi connectivity index (χ2v) is 3.99. The molecule has 0 bridgehead atoms. The van der Waals surface area contributed by atoms with Crippen molar-refractivity contribution in [2.45, 2.75) is 12.7 Å². The Morgan fingerprint density at radius 3 is 2.67 bits per heavy atom.